The van der Waals surface area contributed by atoms with Crippen LogP contribution in [-0.4, -0.2) is 36.6 Å². The van der Waals surface area contributed by atoms with Crippen molar-refractivity contribution in [3.63, 3.8) is 0 Å². The molecule has 2 saturated heterocycles. The summed E-state index contributed by atoms with van der Waals surface area (Å²) in [5, 5.41) is 0. The van der Waals surface area contributed by atoms with Gasteiger partial charge in [0.05, 0.1) is 5.41 Å². The Morgan fingerprint density at radius 1 is 1.21 bits per heavy atom. The largest absolute Gasteiger partial charge is 0.381 e. The second-order valence-electron chi connectivity index (χ2n) is 4.87. The van der Waals surface area contributed by atoms with Crippen molar-refractivity contribution in [3.8, 4) is 0 Å². The molecule has 0 aromatic carbocycles. The summed E-state index contributed by atoms with van der Waals surface area (Å²) in [5.74, 6) is 0.434. The predicted octanol–water partition coefficient (Wildman–Crippen LogP) is 1.18. The van der Waals surface area contributed by atoms with Crippen LogP contribution in [0.3, 0.4) is 0 Å². The van der Waals surface area contributed by atoms with Crippen molar-refractivity contribution in [1.29, 1.82) is 0 Å². The Bertz CT molecular complexity index is 254. The van der Waals surface area contributed by atoms with Gasteiger partial charge in [0.2, 0.25) is 5.91 Å². The normalized spacial score (nSPS) is 31.4. The highest BCUT2D eigenvalue weighted by Crippen LogP contribution is 2.44. The van der Waals surface area contributed by atoms with Gasteiger partial charge in [0.25, 0.3) is 0 Å². The minimum atomic E-state index is -0.0131. The fourth-order valence-corrected chi connectivity index (χ4v) is 2.81. The average molecular weight is 195 g/mol. The molecule has 1 saturated carbocycles. The summed E-state index contributed by atoms with van der Waals surface area (Å²) >= 11 is 0. The van der Waals surface area contributed by atoms with Crippen LogP contribution in [0.15, 0.2) is 0 Å². The summed E-state index contributed by atoms with van der Waals surface area (Å²) < 4.78 is 5.35. The standard InChI is InChI=1S/C11H17NO2/c13-10-11(4-7-14-8-5-11)3-6-12(10)9-1-2-9/h9H,1-8H2. The molecular weight excluding hydrogens is 178 g/mol. The van der Waals surface area contributed by atoms with Crippen LogP contribution in [0.4, 0.5) is 0 Å². The van der Waals surface area contributed by atoms with E-state index in [-0.39, 0.29) is 5.41 Å². The van der Waals surface area contributed by atoms with E-state index < -0.39 is 0 Å². The summed E-state index contributed by atoms with van der Waals surface area (Å²) in [6, 6.07) is 0.602. The lowest BCUT2D eigenvalue weighted by molar-refractivity contribution is -0.141. The quantitative estimate of drug-likeness (QED) is 0.628. The molecule has 3 fully saturated rings. The summed E-state index contributed by atoms with van der Waals surface area (Å²) in [7, 11) is 0. The van der Waals surface area contributed by atoms with Gasteiger partial charge < -0.3 is 9.64 Å². The Morgan fingerprint density at radius 3 is 2.57 bits per heavy atom. The van der Waals surface area contributed by atoms with Crippen molar-refractivity contribution in [1.82, 2.24) is 4.90 Å². The molecule has 0 unspecified atom stereocenters. The van der Waals surface area contributed by atoms with Gasteiger partial charge in [-0.25, -0.2) is 0 Å². The Balaban J connectivity index is 1.77. The van der Waals surface area contributed by atoms with Crippen molar-refractivity contribution in [3.05, 3.63) is 0 Å². The maximum atomic E-state index is 12.2. The van der Waals surface area contributed by atoms with E-state index in [0.717, 1.165) is 39.0 Å². The van der Waals surface area contributed by atoms with Crippen LogP contribution in [0.2, 0.25) is 0 Å². The van der Waals surface area contributed by atoms with Crippen LogP contribution in [-0.2, 0) is 9.53 Å². The van der Waals surface area contributed by atoms with Gasteiger partial charge in [0, 0.05) is 25.8 Å². The molecule has 3 aliphatic rings. The zero-order chi connectivity index (χ0) is 9.60. The molecule has 1 aliphatic carbocycles. The third-order valence-electron chi connectivity index (χ3n) is 3.98. The third kappa shape index (κ3) is 1.18. The first-order valence-electron chi connectivity index (χ1n) is 5.71. The summed E-state index contributed by atoms with van der Waals surface area (Å²) in [6.45, 7) is 2.57. The van der Waals surface area contributed by atoms with Crippen molar-refractivity contribution in [2.45, 2.75) is 38.1 Å². The fraction of sp³-hybridized carbons (Fsp3) is 0.909. The van der Waals surface area contributed by atoms with Crippen LogP contribution in [0.25, 0.3) is 0 Å². The molecule has 0 aromatic rings. The van der Waals surface area contributed by atoms with Gasteiger partial charge in [-0.3, -0.25) is 4.79 Å². The zero-order valence-electron chi connectivity index (χ0n) is 8.50. The smallest absolute Gasteiger partial charge is 0.229 e. The van der Waals surface area contributed by atoms with Crippen molar-refractivity contribution >= 4 is 5.91 Å². The van der Waals surface area contributed by atoms with Crippen LogP contribution in [0.5, 0.6) is 0 Å². The van der Waals surface area contributed by atoms with Gasteiger partial charge in [-0.1, -0.05) is 0 Å². The fourth-order valence-electron chi connectivity index (χ4n) is 2.81. The molecule has 0 aromatic heterocycles. The van der Waals surface area contributed by atoms with Gasteiger partial charge in [0.15, 0.2) is 0 Å². The number of carbonyl (C=O) groups is 1. The number of hydrogen-bond acceptors (Lipinski definition) is 2. The van der Waals surface area contributed by atoms with E-state index in [1.807, 2.05) is 0 Å². The van der Waals surface area contributed by atoms with Crippen LogP contribution in [0, 0.1) is 5.41 Å². The molecule has 1 spiro atoms. The van der Waals surface area contributed by atoms with E-state index in [9.17, 15) is 4.79 Å². The Labute approximate surface area is 84.4 Å². The lowest BCUT2D eigenvalue weighted by atomic mass is 9.79. The monoisotopic (exact) mass is 195 g/mol. The highest BCUT2D eigenvalue weighted by atomic mass is 16.5. The number of likely N-dealkylation sites (tertiary alicyclic amines) is 1. The lowest BCUT2D eigenvalue weighted by Gasteiger charge is -2.31. The first-order chi connectivity index (χ1) is 6.82. The van der Waals surface area contributed by atoms with E-state index >= 15 is 0 Å². The molecule has 0 radical (unpaired) electrons. The second-order valence-corrected chi connectivity index (χ2v) is 4.87. The first-order valence-corrected chi connectivity index (χ1v) is 5.71. The van der Waals surface area contributed by atoms with Crippen LogP contribution in [0.1, 0.15) is 32.1 Å². The van der Waals surface area contributed by atoms with E-state index in [0.29, 0.717) is 11.9 Å². The summed E-state index contributed by atoms with van der Waals surface area (Å²) in [5.41, 5.74) is -0.0131. The Kier molecular flexibility index (Phi) is 1.84. The highest BCUT2D eigenvalue weighted by Gasteiger charge is 2.50. The highest BCUT2D eigenvalue weighted by molar-refractivity contribution is 5.85. The van der Waals surface area contributed by atoms with E-state index in [1.54, 1.807) is 0 Å². The van der Waals surface area contributed by atoms with E-state index in [4.69, 9.17) is 4.74 Å². The second kappa shape index (κ2) is 2.96. The molecule has 3 nitrogen and oxygen atoms in total. The molecule has 3 rings (SSSR count). The van der Waals surface area contributed by atoms with Gasteiger partial charge in [0.1, 0.15) is 0 Å². The van der Waals surface area contributed by atoms with Crippen molar-refractivity contribution in [2.75, 3.05) is 19.8 Å². The lowest BCUT2D eigenvalue weighted by Crippen LogP contribution is -2.39. The van der Waals surface area contributed by atoms with Gasteiger partial charge in [-0.15, -0.1) is 0 Å². The number of nitrogens with zero attached hydrogens (tertiary/aromatic N) is 1. The van der Waals surface area contributed by atoms with Gasteiger partial charge in [-0.05, 0) is 32.1 Å². The predicted molar refractivity (Wildman–Crippen MR) is 51.8 cm³/mol. The summed E-state index contributed by atoms with van der Waals surface area (Å²) in [6.07, 6.45) is 5.45. The Hall–Kier alpha value is -0.570. The Morgan fingerprint density at radius 2 is 1.93 bits per heavy atom. The molecule has 2 heterocycles. The molecule has 14 heavy (non-hydrogen) atoms. The van der Waals surface area contributed by atoms with Crippen molar-refractivity contribution in [2.24, 2.45) is 5.41 Å². The van der Waals surface area contributed by atoms with Gasteiger partial charge in [-0.2, -0.15) is 0 Å². The van der Waals surface area contributed by atoms with Crippen LogP contribution >= 0.6 is 0 Å². The molecular formula is C11H17NO2. The molecule has 0 atom stereocenters. The third-order valence-corrected chi connectivity index (χ3v) is 3.98. The zero-order valence-corrected chi connectivity index (χ0v) is 8.50. The maximum absolute atomic E-state index is 12.2. The van der Waals surface area contributed by atoms with E-state index in [2.05, 4.69) is 4.90 Å². The van der Waals surface area contributed by atoms with Gasteiger partial charge >= 0.3 is 0 Å². The number of ether oxygens (including phenoxy) is 1. The minimum absolute atomic E-state index is 0.0131. The SMILES string of the molecule is O=C1N(C2CC2)CCC12CCOCC2. The maximum Gasteiger partial charge on any atom is 0.229 e. The van der Waals surface area contributed by atoms with Crippen molar-refractivity contribution < 1.29 is 9.53 Å². The summed E-state index contributed by atoms with van der Waals surface area (Å²) in [4.78, 5) is 14.4. The molecule has 1 amide bonds. The first kappa shape index (κ1) is 8.72. The molecule has 78 valence electrons. The molecule has 0 bridgehead atoms. The molecule has 0 N–H and O–H groups in total. The topological polar surface area (TPSA) is 29.5 Å². The number of rotatable bonds is 1. The number of amides is 1. The van der Waals surface area contributed by atoms with E-state index in [1.165, 1.54) is 12.8 Å². The number of carbonyl (C=O) groups excluding carboxylic acids is 1. The molecule has 3 heteroatoms. The van der Waals surface area contributed by atoms with Crippen LogP contribution < -0.4 is 0 Å². The molecule has 2 aliphatic heterocycles. The number of hydrogen-bond donors (Lipinski definition) is 0. The minimum Gasteiger partial charge on any atom is -0.381 e. The average Bonchev–Trinajstić information content (AvgIpc) is 3.00.